The summed E-state index contributed by atoms with van der Waals surface area (Å²) in [6.07, 6.45) is 4.44. The number of hydrogen-bond acceptors (Lipinski definition) is 4. The van der Waals surface area contributed by atoms with Crippen LogP contribution in [0.25, 0.3) is 0 Å². The van der Waals surface area contributed by atoms with Crippen molar-refractivity contribution in [3.05, 3.63) is 52.7 Å². The predicted octanol–water partition coefficient (Wildman–Crippen LogP) is 3.30. The lowest BCUT2D eigenvalue weighted by atomic mass is 10.0. The summed E-state index contributed by atoms with van der Waals surface area (Å²) in [6, 6.07) is 7.05. The molecule has 0 bridgehead atoms. The topological polar surface area (TPSA) is 41.1 Å². The Morgan fingerprint density at radius 3 is 2.79 bits per heavy atom. The molecule has 1 N–H and O–H groups in total. The molecular formula is C19H23FN4. The van der Waals surface area contributed by atoms with E-state index in [1.165, 1.54) is 24.1 Å². The SMILES string of the molecule is Cc1nc(C2CCCN2)nc2c1CCCN2Cc1ccc(F)cc1. The predicted molar refractivity (Wildman–Crippen MR) is 92.5 cm³/mol. The first-order valence-electron chi connectivity index (χ1n) is 8.81. The molecule has 1 atom stereocenters. The maximum atomic E-state index is 13.1. The number of nitrogens with one attached hydrogen (secondary N) is 1. The fourth-order valence-electron chi connectivity index (χ4n) is 3.73. The summed E-state index contributed by atoms with van der Waals surface area (Å²) in [5, 5.41) is 3.49. The molecule has 2 aliphatic heterocycles. The molecule has 1 saturated heterocycles. The van der Waals surface area contributed by atoms with Crippen LogP contribution in [0.2, 0.25) is 0 Å². The number of rotatable bonds is 3. The van der Waals surface area contributed by atoms with Gasteiger partial charge in [0.1, 0.15) is 17.5 Å². The second-order valence-corrected chi connectivity index (χ2v) is 6.77. The van der Waals surface area contributed by atoms with Gasteiger partial charge in [-0.25, -0.2) is 14.4 Å². The minimum atomic E-state index is -0.189. The molecule has 1 aromatic carbocycles. The van der Waals surface area contributed by atoms with Gasteiger partial charge in [-0.05, 0) is 56.8 Å². The van der Waals surface area contributed by atoms with Crippen molar-refractivity contribution in [1.82, 2.24) is 15.3 Å². The molecule has 4 nitrogen and oxygen atoms in total. The highest BCUT2D eigenvalue weighted by atomic mass is 19.1. The van der Waals surface area contributed by atoms with Crippen LogP contribution in [-0.2, 0) is 13.0 Å². The standard InChI is InChI=1S/C19H23FN4/c1-13-16-4-3-11-24(12-14-6-8-15(20)9-7-14)19(16)23-18(22-13)17-5-2-10-21-17/h6-9,17,21H,2-5,10-12H2,1H3. The number of benzene rings is 1. The van der Waals surface area contributed by atoms with Gasteiger partial charge in [0.25, 0.3) is 0 Å². The third-order valence-electron chi connectivity index (χ3n) is 5.02. The summed E-state index contributed by atoms with van der Waals surface area (Å²) >= 11 is 0. The molecule has 0 amide bonds. The zero-order valence-electron chi connectivity index (χ0n) is 14.1. The number of halogens is 1. The summed E-state index contributed by atoms with van der Waals surface area (Å²) in [5.74, 6) is 1.81. The molecule has 3 heterocycles. The van der Waals surface area contributed by atoms with Gasteiger partial charge in [-0.1, -0.05) is 12.1 Å². The third kappa shape index (κ3) is 3.00. The van der Waals surface area contributed by atoms with Crippen molar-refractivity contribution in [1.29, 1.82) is 0 Å². The van der Waals surface area contributed by atoms with Crippen LogP contribution in [0.4, 0.5) is 10.2 Å². The van der Waals surface area contributed by atoms with E-state index in [2.05, 4.69) is 17.1 Å². The van der Waals surface area contributed by atoms with E-state index in [1.54, 1.807) is 0 Å². The van der Waals surface area contributed by atoms with Crippen molar-refractivity contribution in [2.45, 2.75) is 45.2 Å². The van der Waals surface area contributed by atoms with Crippen LogP contribution in [0, 0.1) is 12.7 Å². The van der Waals surface area contributed by atoms with Gasteiger partial charge in [-0.3, -0.25) is 0 Å². The minimum Gasteiger partial charge on any atom is -0.352 e. The van der Waals surface area contributed by atoms with Gasteiger partial charge in [0.15, 0.2) is 0 Å². The lowest BCUT2D eigenvalue weighted by Gasteiger charge is -2.31. The molecule has 4 rings (SSSR count). The lowest BCUT2D eigenvalue weighted by molar-refractivity contribution is 0.587. The van der Waals surface area contributed by atoms with E-state index in [-0.39, 0.29) is 11.9 Å². The van der Waals surface area contributed by atoms with Crippen LogP contribution < -0.4 is 10.2 Å². The Balaban J connectivity index is 1.65. The summed E-state index contributed by atoms with van der Waals surface area (Å²) in [4.78, 5) is 12.0. The first-order chi connectivity index (χ1) is 11.7. The summed E-state index contributed by atoms with van der Waals surface area (Å²) < 4.78 is 13.1. The van der Waals surface area contributed by atoms with Gasteiger partial charge in [0.2, 0.25) is 0 Å². The van der Waals surface area contributed by atoms with Crippen LogP contribution in [0.1, 0.15) is 47.9 Å². The Morgan fingerprint density at radius 2 is 2.04 bits per heavy atom. The average Bonchev–Trinajstić information content (AvgIpc) is 3.12. The van der Waals surface area contributed by atoms with E-state index in [4.69, 9.17) is 9.97 Å². The number of nitrogens with zero attached hydrogens (tertiary/aromatic N) is 3. The molecule has 1 unspecified atom stereocenters. The molecule has 24 heavy (non-hydrogen) atoms. The minimum absolute atomic E-state index is 0.189. The van der Waals surface area contributed by atoms with Crippen molar-refractivity contribution in [2.75, 3.05) is 18.0 Å². The molecule has 0 saturated carbocycles. The van der Waals surface area contributed by atoms with Gasteiger partial charge in [0, 0.05) is 24.3 Å². The number of anilines is 1. The summed E-state index contributed by atoms with van der Waals surface area (Å²) in [6.45, 7) is 4.89. The van der Waals surface area contributed by atoms with Crippen LogP contribution in [0.15, 0.2) is 24.3 Å². The number of fused-ring (bicyclic) bond motifs is 1. The van der Waals surface area contributed by atoms with Crippen molar-refractivity contribution >= 4 is 5.82 Å². The Kier molecular flexibility index (Phi) is 4.19. The van der Waals surface area contributed by atoms with Crippen molar-refractivity contribution < 1.29 is 4.39 Å². The molecule has 2 aliphatic rings. The Labute approximate surface area is 142 Å². The van der Waals surface area contributed by atoms with E-state index in [1.807, 2.05) is 12.1 Å². The highest BCUT2D eigenvalue weighted by molar-refractivity contribution is 5.52. The number of aromatic nitrogens is 2. The van der Waals surface area contributed by atoms with Gasteiger partial charge >= 0.3 is 0 Å². The average molecular weight is 326 g/mol. The zero-order chi connectivity index (χ0) is 16.5. The second kappa shape index (κ2) is 6.48. The highest BCUT2D eigenvalue weighted by Crippen LogP contribution is 2.31. The Bertz CT molecular complexity index is 723. The van der Waals surface area contributed by atoms with E-state index in [0.29, 0.717) is 0 Å². The van der Waals surface area contributed by atoms with Crippen LogP contribution in [-0.4, -0.2) is 23.1 Å². The molecule has 126 valence electrons. The third-order valence-corrected chi connectivity index (χ3v) is 5.02. The first kappa shape index (κ1) is 15.5. The van der Waals surface area contributed by atoms with Gasteiger partial charge in [-0.2, -0.15) is 0 Å². The quantitative estimate of drug-likeness (QED) is 0.939. The largest absolute Gasteiger partial charge is 0.352 e. The smallest absolute Gasteiger partial charge is 0.147 e. The number of aryl methyl sites for hydroxylation is 1. The molecule has 0 aliphatic carbocycles. The van der Waals surface area contributed by atoms with Gasteiger partial charge < -0.3 is 10.2 Å². The fraction of sp³-hybridized carbons (Fsp3) is 0.474. The van der Waals surface area contributed by atoms with E-state index in [0.717, 1.165) is 61.8 Å². The van der Waals surface area contributed by atoms with Crippen LogP contribution in [0.5, 0.6) is 0 Å². The molecule has 2 aromatic rings. The molecule has 1 fully saturated rings. The normalized spacial score (nSPS) is 20.2. The monoisotopic (exact) mass is 326 g/mol. The maximum absolute atomic E-state index is 13.1. The van der Waals surface area contributed by atoms with Crippen molar-refractivity contribution in [3.8, 4) is 0 Å². The van der Waals surface area contributed by atoms with Crippen molar-refractivity contribution in [3.63, 3.8) is 0 Å². The first-order valence-corrected chi connectivity index (χ1v) is 8.81. The Hall–Kier alpha value is -2.01. The summed E-state index contributed by atoms with van der Waals surface area (Å²) in [7, 11) is 0. The van der Waals surface area contributed by atoms with Crippen LogP contribution in [0.3, 0.4) is 0 Å². The lowest BCUT2D eigenvalue weighted by Crippen LogP contribution is -2.31. The number of hydrogen-bond donors (Lipinski definition) is 1. The highest BCUT2D eigenvalue weighted by Gasteiger charge is 2.26. The Morgan fingerprint density at radius 1 is 1.21 bits per heavy atom. The van der Waals surface area contributed by atoms with E-state index >= 15 is 0 Å². The molecular weight excluding hydrogens is 303 g/mol. The fourth-order valence-corrected chi connectivity index (χ4v) is 3.73. The zero-order valence-corrected chi connectivity index (χ0v) is 14.1. The molecule has 1 aromatic heterocycles. The van der Waals surface area contributed by atoms with Crippen LogP contribution >= 0.6 is 0 Å². The molecule has 0 spiro atoms. The second-order valence-electron chi connectivity index (χ2n) is 6.77. The van der Waals surface area contributed by atoms with E-state index < -0.39 is 0 Å². The summed E-state index contributed by atoms with van der Waals surface area (Å²) in [5.41, 5.74) is 3.48. The molecule has 5 heteroatoms. The van der Waals surface area contributed by atoms with Gasteiger partial charge in [-0.15, -0.1) is 0 Å². The van der Waals surface area contributed by atoms with E-state index in [9.17, 15) is 4.39 Å². The van der Waals surface area contributed by atoms with Crippen molar-refractivity contribution in [2.24, 2.45) is 0 Å². The molecule has 0 radical (unpaired) electrons. The maximum Gasteiger partial charge on any atom is 0.147 e. The van der Waals surface area contributed by atoms with Gasteiger partial charge in [0.05, 0.1) is 6.04 Å².